The van der Waals surface area contributed by atoms with Crippen LogP contribution in [0.25, 0.3) is 108 Å². The Morgan fingerprint density at radius 1 is 0.286 bits per heavy atom. The summed E-state index contributed by atoms with van der Waals surface area (Å²) in [6.45, 7) is 0. The topological polar surface area (TPSA) is 38.7 Å². The zero-order valence-corrected chi connectivity index (χ0v) is 31.7. The van der Waals surface area contributed by atoms with Crippen LogP contribution in [-0.2, 0) is 0 Å². The molecule has 5 heteroatoms. The van der Waals surface area contributed by atoms with Crippen molar-refractivity contribution in [2.24, 2.45) is 0 Å². The van der Waals surface area contributed by atoms with E-state index in [-0.39, 0.29) is 0 Å². The fourth-order valence-electron chi connectivity index (χ4n) is 7.84. The molecule has 0 unspecified atom stereocenters. The molecule has 0 aliphatic rings. The Hall–Kier alpha value is -6.79. The van der Waals surface area contributed by atoms with Gasteiger partial charge in [-0.3, -0.25) is 0 Å². The smallest absolute Gasteiger partial charge is 0.165 e. The summed E-state index contributed by atoms with van der Waals surface area (Å²) in [5.74, 6) is 2.00. The third kappa shape index (κ3) is 5.60. The lowest BCUT2D eigenvalue weighted by Gasteiger charge is -2.11. The molecule has 0 N–H and O–H groups in total. The molecular formula is C51H31N3S2. The molecule has 0 atom stereocenters. The van der Waals surface area contributed by atoms with Gasteiger partial charge in [0.25, 0.3) is 0 Å². The van der Waals surface area contributed by atoms with E-state index in [0.717, 1.165) is 16.7 Å². The van der Waals surface area contributed by atoms with Crippen molar-refractivity contribution < 1.29 is 0 Å². The van der Waals surface area contributed by atoms with Crippen LogP contribution in [0.5, 0.6) is 0 Å². The van der Waals surface area contributed by atoms with E-state index in [1.54, 1.807) is 11.3 Å². The number of fused-ring (bicyclic) bond motifs is 6. The van der Waals surface area contributed by atoms with Crippen LogP contribution in [0.15, 0.2) is 188 Å². The van der Waals surface area contributed by atoms with Crippen molar-refractivity contribution in [2.75, 3.05) is 0 Å². The van der Waals surface area contributed by atoms with E-state index >= 15 is 0 Å². The molecule has 0 aliphatic heterocycles. The highest BCUT2D eigenvalue weighted by atomic mass is 32.1. The fourth-order valence-corrected chi connectivity index (χ4v) is 10.3. The van der Waals surface area contributed by atoms with Gasteiger partial charge >= 0.3 is 0 Å². The average Bonchev–Trinajstić information content (AvgIpc) is 3.86. The van der Waals surface area contributed by atoms with E-state index in [9.17, 15) is 0 Å². The normalized spacial score (nSPS) is 11.6. The number of thiophene rings is 2. The van der Waals surface area contributed by atoms with Crippen LogP contribution in [0, 0.1) is 0 Å². The van der Waals surface area contributed by atoms with Gasteiger partial charge in [-0.2, -0.15) is 0 Å². The number of hydrogen-bond donors (Lipinski definition) is 0. The quantitative estimate of drug-likeness (QED) is 0.170. The molecule has 0 saturated heterocycles. The highest BCUT2D eigenvalue weighted by Crippen LogP contribution is 2.47. The summed E-state index contributed by atoms with van der Waals surface area (Å²) in [6, 6.07) is 66.8. The van der Waals surface area contributed by atoms with Crippen molar-refractivity contribution in [3.8, 4) is 67.5 Å². The zero-order valence-electron chi connectivity index (χ0n) is 30.1. The summed E-state index contributed by atoms with van der Waals surface area (Å²) in [5, 5.41) is 5.05. The first-order valence-corrected chi connectivity index (χ1v) is 20.3. The predicted molar refractivity (Wildman–Crippen MR) is 238 cm³/mol. The van der Waals surface area contributed by atoms with Crippen molar-refractivity contribution in [1.82, 2.24) is 15.0 Å². The molecule has 3 nitrogen and oxygen atoms in total. The molecule has 0 radical (unpaired) electrons. The van der Waals surface area contributed by atoms with Gasteiger partial charge in [0.05, 0.1) is 0 Å². The molecule has 0 bridgehead atoms. The van der Waals surface area contributed by atoms with Crippen molar-refractivity contribution in [2.45, 2.75) is 0 Å². The fraction of sp³-hybridized carbons (Fsp3) is 0. The minimum atomic E-state index is 0.665. The van der Waals surface area contributed by atoms with Gasteiger partial charge in [0.15, 0.2) is 17.5 Å². The maximum absolute atomic E-state index is 5.08. The van der Waals surface area contributed by atoms with E-state index in [4.69, 9.17) is 15.0 Å². The Morgan fingerprint density at radius 3 is 1.52 bits per heavy atom. The standard InChI is InChI=1S/C51H31N3S2/c1-4-13-32(14-5-1)33-23-25-34(26-24-33)38-28-29-39(48-46(38)41-19-10-11-22-44(41)56-48)37-27-30-45-43(31-37)40-20-12-21-42(47(40)55-45)51-53-49(35-15-6-2-7-16-35)52-50(54-51)36-17-8-3-9-18-36/h1-31H. The van der Waals surface area contributed by atoms with E-state index in [2.05, 4.69) is 152 Å². The molecule has 0 fully saturated rings. The first-order valence-electron chi connectivity index (χ1n) is 18.7. The number of rotatable bonds is 6. The van der Waals surface area contributed by atoms with Crippen LogP contribution < -0.4 is 0 Å². The maximum Gasteiger partial charge on any atom is 0.165 e. The summed E-state index contributed by atoms with van der Waals surface area (Å²) in [6.07, 6.45) is 0. The van der Waals surface area contributed by atoms with Crippen LogP contribution in [0.3, 0.4) is 0 Å². The number of nitrogens with zero attached hydrogens (tertiary/aromatic N) is 3. The molecule has 262 valence electrons. The second-order valence-corrected chi connectivity index (χ2v) is 16.0. The van der Waals surface area contributed by atoms with Gasteiger partial charge in [-0.25, -0.2) is 15.0 Å². The summed E-state index contributed by atoms with van der Waals surface area (Å²) in [4.78, 5) is 15.1. The largest absolute Gasteiger partial charge is 0.208 e. The Kier molecular flexibility index (Phi) is 7.87. The molecule has 3 aromatic heterocycles. The molecule has 0 spiro atoms. The number of hydrogen-bond acceptors (Lipinski definition) is 5. The predicted octanol–water partition coefficient (Wildman–Crippen LogP) is 14.6. The van der Waals surface area contributed by atoms with Crippen LogP contribution in [0.4, 0.5) is 0 Å². The Balaban J connectivity index is 1.05. The summed E-state index contributed by atoms with van der Waals surface area (Å²) < 4.78 is 5.01. The van der Waals surface area contributed by atoms with Gasteiger partial charge in [0.2, 0.25) is 0 Å². The van der Waals surface area contributed by atoms with E-state index in [0.29, 0.717) is 17.5 Å². The molecule has 11 aromatic rings. The van der Waals surface area contributed by atoms with Crippen LogP contribution in [-0.4, -0.2) is 15.0 Å². The van der Waals surface area contributed by atoms with Crippen molar-refractivity contribution in [3.63, 3.8) is 0 Å². The Labute approximate surface area is 331 Å². The molecule has 0 aliphatic carbocycles. The SMILES string of the molecule is c1ccc(-c2ccc(-c3ccc(-c4ccc5sc6c(-c7nc(-c8ccccc8)nc(-c8ccccc8)n7)cccc6c5c4)c4sc5ccccc5c34)cc2)cc1. The van der Waals surface area contributed by atoms with Gasteiger partial charge < -0.3 is 0 Å². The number of aromatic nitrogens is 3. The van der Waals surface area contributed by atoms with Gasteiger partial charge in [0.1, 0.15) is 0 Å². The Morgan fingerprint density at radius 2 is 0.804 bits per heavy atom. The van der Waals surface area contributed by atoms with Crippen molar-refractivity contribution >= 4 is 63.0 Å². The summed E-state index contributed by atoms with van der Waals surface area (Å²) in [5.41, 5.74) is 10.3. The second kappa shape index (κ2) is 13.5. The third-order valence-electron chi connectivity index (χ3n) is 10.6. The zero-order chi connectivity index (χ0) is 37.0. The molecule has 3 heterocycles. The van der Waals surface area contributed by atoms with Crippen molar-refractivity contribution in [3.05, 3.63) is 188 Å². The highest BCUT2D eigenvalue weighted by molar-refractivity contribution is 7.27. The Bertz CT molecular complexity index is 3170. The van der Waals surface area contributed by atoms with E-state index in [1.165, 1.54) is 73.7 Å². The molecule has 56 heavy (non-hydrogen) atoms. The second-order valence-electron chi connectivity index (χ2n) is 13.9. The van der Waals surface area contributed by atoms with E-state index < -0.39 is 0 Å². The average molecular weight is 750 g/mol. The van der Waals surface area contributed by atoms with Crippen LogP contribution in [0.1, 0.15) is 0 Å². The van der Waals surface area contributed by atoms with E-state index in [1.807, 2.05) is 47.7 Å². The van der Waals surface area contributed by atoms with Crippen LogP contribution >= 0.6 is 22.7 Å². The third-order valence-corrected chi connectivity index (χ3v) is 13.0. The minimum absolute atomic E-state index is 0.665. The lowest BCUT2D eigenvalue weighted by atomic mass is 9.93. The van der Waals surface area contributed by atoms with Gasteiger partial charge in [-0.15, -0.1) is 22.7 Å². The summed E-state index contributed by atoms with van der Waals surface area (Å²) in [7, 11) is 0. The van der Waals surface area contributed by atoms with Crippen molar-refractivity contribution in [1.29, 1.82) is 0 Å². The molecular weight excluding hydrogens is 719 g/mol. The first kappa shape index (κ1) is 32.6. The lowest BCUT2D eigenvalue weighted by Crippen LogP contribution is -2.00. The maximum atomic E-state index is 5.08. The molecule has 0 amide bonds. The lowest BCUT2D eigenvalue weighted by molar-refractivity contribution is 1.08. The molecule has 0 saturated carbocycles. The van der Waals surface area contributed by atoms with Gasteiger partial charge in [0, 0.05) is 57.0 Å². The molecule has 11 rings (SSSR count). The monoisotopic (exact) mass is 749 g/mol. The first-order chi connectivity index (χ1) is 27.7. The van der Waals surface area contributed by atoms with Gasteiger partial charge in [-0.05, 0) is 57.6 Å². The van der Waals surface area contributed by atoms with Gasteiger partial charge in [-0.1, -0.05) is 164 Å². The highest BCUT2D eigenvalue weighted by Gasteiger charge is 2.19. The summed E-state index contributed by atoms with van der Waals surface area (Å²) >= 11 is 3.68. The minimum Gasteiger partial charge on any atom is -0.208 e. The molecule has 8 aromatic carbocycles. The number of benzene rings is 8. The van der Waals surface area contributed by atoms with Crippen LogP contribution in [0.2, 0.25) is 0 Å².